The third kappa shape index (κ3) is 3.24. The van der Waals surface area contributed by atoms with Gasteiger partial charge in [0.2, 0.25) is 10.0 Å². The molecule has 2 rings (SSSR count). The van der Waals surface area contributed by atoms with Crippen LogP contribution in [0.4, 0.5) is 5.69 Å². The molecule has 1 atom stereocenters. The first-order valence-electron chi connectivity index (χ1n) is 7.76. The van der Waals surface area contributed by atoms with Crippen LogP contribution < -0.4 is 5.73 Å². The van der Waals surface area contributed by atoms with Crippen LogP contribution in [0.25, 0.3) is 0 Å². The molecule has 0 radical (unpaired) electrons. The van der Waals surface area contributed by atoms with E-state index >= 15 is 0 Å². The molecule has 0 bridgehead atoms. The zero-order valence-electron chi connectivity index (χ0n) is 13.2. The molecule has 118 valence electrons. The number of benzene rings is 1. The van der Waals surface area contributed by atoms with Gasteiger partial charge < -0.3 is 5.73 Å². The molecule has 1 aromatic carbocycles. The molecule has 2 N–H and O–H groups in total. The molecule has 4 nitrogen and oxygen atoms in total. The van der Waals surface area contributed by atoms with Crippen LogP contribution in [0, 0.1) is 13.8 Å². The van der Waals surface area contributed by atoms with Gasteiger partial charge in [0.15, 0.2) is 0 Å². The van der Waals surface area contributed by atoms with Gasteiger partial charge in [-0.15, -0.1) is 0 Å². The Kier molecular flexibility index (Phi) is 4.94. The van der Waals surface area contributed by atoms with E-state index in [-0.39, 0.29) is 6.04 Å². The van der Waals surface area contributed by atoms with E-state index in [2.05, 4.69) is 6.92 Å². The molecule has 1 fully saturated rings. The maximum Gasteiger partial charge on any atom is 0.243 e. The topological polar surface area (TPSA) is 63.4 Å². The fourth-order valence-corrected chi connectivity index (χ4v) is 4.90. The van der Waals surface area contributed by atoms with Crippen molar-refractivity contribution in [2.75, 3.05) is 12.3 Å². The summed E-state index contributed by atoms with van der Waals surface area (Å²) in [5.74, 6) is 0. The molecule has 1 saturated heterocycles. The van der Waals surface area contributed by atoms with Gasteiger partial charge in [0.1, 0.15) is 0 Å². The number of aryl methyl sites for hydroxylation is 1. The summed E-state index contributed by atoms with van der Waals surface area (Å²) in [4.78, 5) is 0.337. The minimum Gasteiger partial charge on any atom is -0.398 e. The highest BCUT2D eigenvalue weighted by Gasteiger charge is 2.31. The number of anilines is 1. The standard InChI is InChI=1S/C16H26N2O2S/c1-4-14-8-6-5-7-9-18(14)21(19,20)15-10-12(2)13(3)16(17)11-15/h10-11,14H,4-9,17H2,1-3H3. The average Bonchev–Trinajstić information content (AvgIpc) is 2.69. The van der Waals surface area contributed by atoms with E-state index in [0.29, 0.717) is 17.1 Å². The van der Waals surface area contributed by atoms with Gasteiger partial charge in [0, 0.05) is 18.3 Å². The molecule has 0 amide bonds. The fraction of sp³-hybridized carbons (Fsp3) is 0.625. The predicted molar refractivity (Wildman–Crippen MR) is 86.8 cm³/mol. The number of sulfonamides is 1. The van der Waals surface area contributed by atoms with Crippen molar-refractivity contribution in [1.82, 2.24) is 4.31 Å². The van der Waals surface area contributed by atoms with Crippen molar-refractivity contribution < 1.29 is 8.42 Å². The molecule has 0 aromatic heterocycles. The van der Waals surface area contributed by atoms with Crippen LogP contribution in [0.15, 0.2) is 17.0 Å². The van der Waals surface area contributed by atoms with Crippen molar-refractivity contribution in [2.24, 2.45) is 0 Å². The largest absolute Gasteiger partial charge is 0.398 e. The van der Waals surface area contributed by atoms with Gasteiger partial charge in [-0.2, -0.15) is 4.31 Å². The van der Waals surface area contributed by atoms with Crippen molar-refractivity contribution in [3.8, 4) is 0 Å². The Bertz CT molecular complexity index is 588. The van der Waals surface area contributed by atoms with Crippen molar-refractivity contribution >= 4 is 15.7 Å². The molecule has 1 aliphatic rings. The zero-order valence-corrected chi connectivity index (χ0v) is 14.0. The van der Waals surface area contributed by atoms with E-state index in [0.717, 1.165) is 43.2 Å². The Balaban J connectivity index is 2.44. The van der Waals surface area contributed by atoms with Crippen molar-refractivity contribution in [3.63, 3.8) is 0 Å². The smallest absolute Gasteiger partial charge is 0.243 e. The molecular formula is C16H26N2O2S. The van der Waals surface area contributed by atoms with Gasteiger partial charge in [-0.3, -0.25) is 0 Å². The second kappa shape index (κ2) is 6.36. The summed E-state index contributed by atoms with van der Waals surface area (Å²) in [5.41, 5.74) is 8.40. The van der Waals surface area contributed by atoms with Gasteiger partial charge in [0.25, 0.3) is 0 Å². The monoisotopic (exact) mass is 310 g/mol. The summed E-state index contributed by atoms with van der Waals surface area (Å²) in [5, 5.41) is 0. The number of nitrogens with zero attached hydrogens (tertiary/aromatic N) is 1. The van der Waals surface area contributed by atoms with Crippen LogP contribution in [0.2, 0.25) is 0 Å². The first-order chi connectivity index (χ1) is 9.87. The van der Waals surface area contributed by atoms with Crippen molar-refractivity contribution in [2.45, 2.75) is 63.8 Å². The summed E-state index contributed by atoms with van der Waals surface area (Å²) in [6.45, 7) is 6.51. The first-order valence-corrected chi connectivity index (χ1v) is 9.20. The van der Waals surface area contributed by atoms with E-state index in [1.165, 1.54) is 0 Å². The van der Waals surface area contributed by atoms with E-state index in [4.69, 9.17) is 5.73 Å². The number of nitrogens with two attached hydrogens (primary N) is 1. The molecule has 1 aliphatic heterocycles. The van der Waals surface area contributed by atoms with E-state index < -0.39 is 10.0 Å². The van der Waals surface area contributed by atoms with Crippen LogP contribution in [0.5, 0.6) is 0 Å². The lowest BCUT2D eigenvalue weighted by Gasteiger charge is -2.28. The fourth-order valence-electron chi connectivity index (χ4n) is 3.01. The quantitative estimate of drug-likeness (QED) is 0.872. The Morgan fingerprint density at radius 1 is 1.24 bits per heavy atom. The van der Waals surface area contributed by atoms with Gasteiger partial charge in [-0.25, -0.2) is 8.42 Å². The van der Waals surface area contributed by atoms with Gasteiger partial charge in [-0.1, -0.05) is 19.8 Å². The summed E-state index contributed by atoms with van der Waals surface area (Å²) in [6.07, 6.45) is 4.98. The summed E-state index contributed by atoms with van der Waals surface area (Å²) in [7, 11) is -3.46. The highest BCUT2D eigenvalue weighted by atomic mass is 32.2. The molecule has 5 heteroatoms. The van der Waals surface area contributed by atoms with Gasteiger partial charge in [0.05, 0.1) is 4.90 Å². The predicted octanol–water partition coefficient (Wildman–Crippen LogP) is 3.23. The minimum absolute atomic E-state index is 0.111. The summed E-state index contributed by atoms with van der Waals surface area (Å²) < 4.78 is 27.7. The van der Waals surface area contributed by atoms with Crippen molar-refractivity contribution in [1.29, 1.82) is 0 Å². The second-order valence-electron chi connectivity index (χ2n) is 5.98. The molecule has 21 heavy (non-hydrogen) atoms. The Labute approximate surface area is 128 Å². The van der Waals surface area contributed by atoms with E-state index in [9.17, 15) is 8.42 Å². The molecule has 0 saturated carbocycles. The van der Waals surface area contributed by atoms with E-state index in [1.807, 2.05) is 13.8 Å². The number of rotatable bonds is 3. The summed E-state index contributed by atoms with van der Waals surface area (Å²) >= 11 is 0. The SMILES string of the molecule is CCC1CCCCCN1S(=O)(=O)c1cc(C)c(C)c(N)c1. The van der Waals surface area contributed by atoms with Crippen LogP contribution in [0.3, 0.4) is 0 Å². The molecule has 0 spiro atoms. The number of hydrogen-bond donors (Lipinski definition) is 1. The minimum atomic E-state index is -3.46. The number of nitrogen functional groups attached to an aromatic ring is 1. The number of hydrogen-bond acceptors (Lipinski definition) is 3. The van der Waals surface area contributed by atoms with Crippen LogP contribution in [0.1, 0.15) is 50.2 Å². The van der Waals surface area contributed by atoms with Crippen LogP contribution >= 0.6 is 0 Å². The molecular weight excluding hydrogens is 284 g/mol. The summed E-state index contributed by atoms with van der Waals surface area (Å²) in [6, 6.07) is 3.47. The first kappa shape index (κ1) is 16.3. The maximum atomic E-state index is 13.0. The molecule has 1 unspecified atom stereocenters. The lowest BCUT2D eigenvalue weighted by atomic mass is 10.1. The Hall–Kier alpha value is -1.07. The zero-order chi connectivity index (χ0) is 15.6. The van der Waals surface area contributed by atoms with Gasteiger partial charge >= 0.3 is 0 Å². The van der Waals surface area contributed by atoms with Crippen molar-refractivity contribution in [3.05, 3.63) is 23.3 Å². The molecule has 1 heterocycles. The third-order valence-electron chi connectivity index (χ3n) is 4.58. The highest BCUT2D eigenvalue weighted by Crippen LogP contribution is 2.29. The highest BCUT2D eigenvalue weighted by molar-refractivity contribution is 7.89. The Morgan fingerprint density at radius 3 is 2.57 bits per heavy atom. The average molecular weight is 310 g/mol. The molecule has 0 aliphatic carbocycles. The maximum absolute atomic E-state index is 13.0. The second-order valence-corrected chi connectivity index (χ2v) is 7.87. The van der Waals surface area contributed by atoms with Crippen LogP contribution in [-0.4, -0.2) is 25.3 Å². The lowest BCUT2D eigenvalue weighted by Crippen LogP contribution is -2.39. The lowest BCUT2D eigenvalue weighted by molar-refractivity contribution is 0.315. The van der Waals surface area contributed by atoms with E-state index in [1.54, 1.807) is 16.4 Å². The van der Waals surface area contributed by atoms with Gasteiger partial charge in [-0.05, 0) is 56.4 Å². The Morgan fingerprint density at radius 2 is 1.95 bits per heavy atom. The van der Waals surface area contributed by atoms with Crippen LogP contribution in [-0.2, 0) is 10.0 Å². The molecule has 1 aromatic rings. The normalized spacial score (nSPS) is 21.2. The third-order valence-corrected chi connectivity index (χ3v) is 6.51.